The fraction of sp³-hybridized carbons (Fsp3) is 0.917. The maximum Gasteiger partial charge on any atom is 0.320 e. The third kappa shape index (κ3) is 1.89. The standard InChI is InChI=1S/C12H21NO2/c1-3-8-4-5-9-7-11(12(14)15)13(2)10(9)6-8/h8-11H,3-7H2,1-2H3,(H,14,15). The normalized spacial score (nSPS) is 41.5. The molecule has 3 heteroatoms. The highest BCUT2D eigenvalue weighted by Crippen LogP contribution is 2.41. The molecule has 2 rings (SSSR count). The molecule has 4 unspecified atom stereocenters. The number of rotatable bonds is 2. The maximum absolute atomic E-state index is 11.1. The van der Waals surface area contributed by atoms with Crippen LogP contribution in [0, 0.1) is 11.8 Å². The second kappa shape index (κ2) is 4.12. The summed E-state index contributed by atoms with van der Waals surface area (Å²) in [6.07, 6.45) is 5.86. The molecule has 15 heavy (non-hydrogen) atoms. The van der Waals surface area contributed by atoms with E-state index in [0.717, 1.165) is 12.3 Å². The summed E-state index contributed by atoms with van der Waals surface area (Å²) < 4.78 is 0. The molecule has 1 saturated heterocycles. The molecule has 0 aromatic carbocycles. The first-order valence-electron chi connectivity index (χ1n) is 6.08. The van der Waals surface area contributed by atoms with Gasteiger partial charge in [0.05, 0.1) is 0 Å². The number of likely N-dealkylation sites (tertiary alicyclic amines) is 1. The maximum atomic E-state index is 11.1. The van der Waals surface area contributed by atoms with Crippen molar-refractivity contribution in [1.82, 2.24) is 4.90 Å². The molecule has 2 fully saturated rings. The Morgan fingerprint density at radius 1 is 1.40 bits per heavy atom. The second-order valence-corrected chi connectivity index (χ2v) is 5.17. The van der Waals surface area contributed by atoms with E-state index in [-0.39, 0.29) is 6.04 Å². The fourth-order valence-corrected chi connectivity index (χ4v) is 3.40. The van der Waals surface area contributed by atoms with Crippen molar-refractivity contribution in [2.24, 2.45) is 11.8 Å². The van der Waals surface area contributed by atoms with Crippen molar-refractivity contribution in [3.8, 4) is 0 Å². The summed E-state index contributed by atoms with van der Waals surface area (Å²) in [5.74, 6) is 0.820. The number of carboxylic acid groups (broad SMARTS) is 1. The van der Waals surface area contributed by atoms with Gasteiger partial charge in [-0.2, -0.15) is 0 Å². The van der Waals surface area contributed by atoms with Gasteiger partial charge in [0.25, 0.3) is 0 Å². The monoisotopic (exact) mass is 211 g/mol. The van der Waals surface area contributed by atoms with E-state index >= 15 is 0 Å². The van der Waals surface area contributed by atoms with Crippen LogP contribution in [0.25, 0.3) is 0 Å². The topological polar surface area (TPSA) is 40.5 Å². The van der Waals surface area contributed by atoms with Crippen LogP contribution in [0.2, 0.25) is 0 Å². The molecular weight excluding hydrogens is 190 g/mol. The zero-order valence-corrected chi connectivity index (χ0v) is 9.65. The van der Waals surface area contributed by atoms with Crippen LogP contribution < -0.4 is 0 Å². The molecule has 1 heterocycles. The Hall–Kier alpha value is -0.570. The first kappa shape index (κ1) is 10.9. The lowest BCUT2D eigenvalue weighted by molar-refractivity contribution is -0.142. The Labute approximate surface area is 91.5 Å². The average molecular weight is 211 g/mol. The molecule has 0 aromatic heterocycles. The third-order valence-electron chi connectivity index (χ3n) is 4.47. The Bertz CT molecular complexity index is 254. The zero-order valence-electron chi connectivity index (χ0n) is 9.65. The molecule has 0 aromatic rings. The Balaban J connectivity index is 2.05. The molecule has 0 amide bonds. The lowest BCUT2D eigenvalue weighted by Gasteiger charge is -2.34. The smallest absolute Gasteiger partial charge is 0.320 e. The van der Waals surface area contributed by atoms with Crippen molar-refractivity contribution >= 4 is 5.97 Å². The van der Waals surface area contributed by atoms with Gasteiger partial charge in [0.2, 0.25) is 0 Å². The van der Waals surface area contributed by atoms with Gasteiger partial charge in [0, 0.05) is 6.04 Å². The van der Waals surface area contributed by atoms with E-state index in [1.807, 2.05) is 7.05 Å². The van der Waals surface area contributed by atoms with Crippen molar-refractivity contribution in [3.05, 3.63) is 0 Å². The average Bonchev–Trinajstić information content (AvgIpc) is 2.56. The Kier molecular flexibility index (Phi) is 3.01. The number of hydrogen-bond donors (Lipinski definition) is 1. The van der Waals surface area contributed by atoms with Crippen molar-refractivity contribution in [2.75, 3.05) is 7.05 Å². The van der Waals surface area contributed by atoms with Crippen LogP contribution in [-0.2, 0) is 4.79 Å². The highest BCUT2D eigenvalue weighted by molar-refractivity contribution is 5.74. The Morgan fingerprint density at radius 2 is 2.13 bits per heavy atom. The van der Waals surface area contributed by atoms with Gasteiger partial charge in [-0.15, -0.1) is 0 Å². The molecule has 3 nitrogen and oxygen atoms in total. The number of likely N-dealkylation sites (N-methyl/N-ethyl adjacent to an activating group) is 1. The quantitative estimate of drug-likeness (QED) is 0.759. The van der Waals surface area contributed by atoms with Gasteiger partial charge < -0.3 is 5.11 Å². The fourth-order valence-electron chi connectivity index (χ4n) is 3.40. The summed E-state index contributed by atoms with van der Waals surface area (Å²) in [5, 5.41) is 9.11. The molecule has 1 aliphatic carbocycles. The zero-order chi connectivity index (χ0) is 11.0. The number of fused-ring (bicyclic) bond motifs is 1. The summed E-state index contributed by atoms with van der Waals surface area (Å²) in [6, 6.07) is 0.306. The summed E-state index contributed by atoms with van der Waals surface area (Å²) >= 11 is 0. The Morgan fingerprint density at radius 3 is 2.73 bits per heavy atom. The number of aliphatic carboxylic acids is 1. The molecule has 0 bridgehead atoms. The molecule has 86 valence electrons. The van der Waals surface area contributed by atoms with E-state index in [2.05, 4.69) is 11.8 Å². The van der Waals surface area contributed by atoms with Gasteiger partial charge in [0.15, 0.2) is 0 Å². The van der Waals surface area contributed by atoms with Crippen molar-refractivity contribution in [1.29, 1.82) is 0 Å². The van der Waals surface area contributed by atoms with Gasteiger partial charge in [-0.3, -0.25) is 9.69 Å². The minimum Gasteiger partial charge on any atom is -0.480 e. The molecule has 1 aliphatic heterocycles. The van der Waals surface area contributed by atoms with Gasteiger partial charge >= 0.3 is 5.97 Å². The van der Waals surface area contributed by atoms with Gasteiger partial charge in [0.1, 0.15) is 6.04 Å². The molecule has 0 radical (unpaired) electrons. The summed E-state index contributed by atoms with van der Waals surface area (Å²) in [4.78, 5) is 13.2. The largest absolute Gasteiger partial charge is 0.480 e. The molecular formula is C12H21NO2. The highest BCUT2D eigenvalue weighted by Gasteiger charge is 2.44. The van der Waals surface area contributed by atoms with Gasteiger partial charge in [-0.05, 0) is 38.1 Å². The molecule has 2 aliphatic rings. The minimum absolute atomic E-state index is 0.226. The van der Waals surface area contributed by atoms with Crippen LogP contribution >= 0.6 is 0 Å². The molecule has 0 spiro atoms. The van der Waals surface area contributed by atoms with Crippen LogP contribution in [0.1, 0.15) is 39.0 Å². The molecule has 1 N–H and O–H groups in total. The van der Waals surface area contributed by atoms with Crippen LogP contribution in [0.4, 0.5) is 0 Å². The van der Waals surface area contributed by atoms with Crippen LogP contribution in [0.15, 0.2) is 0 Å². The van der Waals surface area contributed by atoms with E-state index in [9.17, 15) is 4.79 Å². The number of nitrogens with zero attached hydrogens (tertiary/aromatic N) is 1. The van der Waals surface area contributed by atoms with Crippen LogP contribution in [0.3, 0.4) is 0 Å². The third-order valence-corrected chi connectivity index (χ3v) is 4.47. The predicted molar refractivity (Wildman–Crippen MR) is 58.7 cm³/mol. The number of carbonyl (C=O) groups is 1. The van der Waals surface area contributed by atoms with E-state index in [1.54, 1.807) is 0 Å². The molecule has 4 atom stereocenters. The van der Waals surface area contributed by atoms with E-state index in [4.69, 9.17) is 5.11 Å². The lowest BCUT2D eigenvalue weighted by atomic mass is 9.77. The summed E-state index contributed by atoms with van der Waals surface area (Å²) in [6.45, 7) is 2.24. The van der Waals surface area contributed by atoms with Crippen LogP contribution in [0.5, 0.6) is 0 Å². The number of carboxylic acids is 1. The summed E-state index contributed by atoms with van der Waals surface area (Å²) in [5.41, 5.74) is 0. The van der Waals surface area contributed by atoms with Crippen LogP contribution in [-0.4, -0.2) is 35.1 Å². The SMILES string of the molecule is CCC1CCC2CC(C(=O)O)N(C)C2C1. The summed E-state index contributed by atoms with van der Waals surface area (Å²) in [7, 11) is 1.99. The first-order valence-corrected chi connectivity index (χ1v) is 6.08. The molecule has 1 saturated carbocycles. The van der Waals surface area contributed by atoms with E-state index in [1.165, 1.54) is 25.7 Å². The predicted octanol–water partition coefficient (Wildman–Crippen LogP) is 1.97. The van der Waals surface area contributed by atoms with Crippen molar-refractivity contribution in [2.45, 2.75) is 51.1 Å². The van der Waals surface area contributed by atoms with Gasteiger partial charge in [-0.25, -0.2) is 0 Å². The van der Waals surface area contributed by atoms with Crippen molar-refractivity contribution < 1.29 is 9.90 Å². The second-order valence-electron chi connectivity index (χ2n) is 5.17. The van der Waals surface area contributed by atoms with E-state index < -0.39 is 5.97 Å². The van der Waals surface area contributed by atoms with Gasteiger partial charge in [-0.1, -0.05) is 19.8 Å². The minimum atomic E-state index is -0.639. The van der Waals surface area contributed by atoms with Crippen molar-refractivity contribution in [3.63, 3.8) is 0 Å². The highest BCUT2D eigenvalue weighted by atomic mass is 16.4. The van der Waals surface area contributed by atoms with E-state index in [0.29, 0.717) is 12.0 Å². The number of hydrogen-bond acceptors (Lipinski definition) is 2. The first-order chi connectivity index (χ1) is 7.13. The lowest BCUT2D eigenvalue weighted by Crippen LogP contribution is -2.40.